The number of aromatic amines is 1. The normalized spacial score (nSPS) is 11.4. The Bertz CT molecular complexity index is 584. The quantitative estimate of drug-likeness (QED) is 0.831. The van der Waals surface area contributed by atoms with Crippen LogP contribution in [-0.2, 0) is 6.42 Å². The van der Waals surface area contributed by atoms with Crippen molar-refractivity contribution in [2.45, 2.75) is 16.8 Å². The van der Waals surface area contributed by atoms with E-state index in [1.165, 1.54) is 30.6 Å². The zero-order valence-electron chi connectivity index (χ0n) is 10.6. The van der Waals surface area contributed by atoms with E-state index in [0.29, 0.717) is 24.4 Å². The standard InChI is InChI=1S/C12H11F3N4OS/c13-12(14,15)21-9-3-1-8(2-4-9)11(20)16-6-5-10-17-7-18-19-10/h1-4,7H,5-6H2,(H,16,20)(H,17,18,19). The summed E-state index contributed by atoms with van der Waals surface area (Å²) < 4.78 is 36.5. The number of rotatable bonds is 5. The zero-order valence-corrected chi connectivity index (χ0v) is 11.5. The summed E-state index contributed by atoms with van der Waals surface area (Å²) >= 11 is -0.214. The second-order valence-electron chi connectivity index (χ2n) is 4.01. The summed E-state index contributed by atoms with van der Waals surface area (Å²) in [6, 6.07) is 5.25. The van der Waals surface area contributed by atoms with E-state index in [9.17, 15) is 18.0 Å². The highest BCUT2D eigenvalue weighted by Gasteiger charge is 2.29. The molecule has 0 saturated heterocycles. The molecule has 0 atom stereocenters. The highest BCUT2D eigenvalue weighted by molar-refractivity contribution is 8.00. The molecule has 1 aromatic carbocycles. The maximum Gasteiger partial charge on any atom is 0.446 e. The van der Waals surface area contributed by atoms with Crippen molar-refractivity contribution in [1.82, 2.24) is 20.5 Å². The largest absolute Gasteiger partial charge is 0.446 e. The molecule has 2 aromatic rings. The smallest absolute Gasteiger partial charge is 0.352 e. The van der Waals surface area contributed by atoms with E-state index in [4.69, 9.17) is 0 Å². The number of benzene rings is 1. The van der Waals surface area contributed by atoms with Crippen molar-refractivity contribution >= 4 is 17.7 Å². The van der Waals surface area contributed by atoms with Gasteiger partial charge in [0, 0.05) is 23.4 Å². The summed E-state index contributed by atoms with van der Waals surface area (Å²) in [5.74, 6) is 0.297. The lowest BCUT2D eigenvalue weighted by Crippen LogP contribution is -2.25. The second kappa shape index (κ2) is 6.61. The van der Waals surface area contributed by atoms with E-state index >= 15 is 0 Å². The van der Waals surface area contributed by atoms with Crippen LogP contribution >= 0.6 is 11.8 Å². The Morgan fingerprint density at radius 3 is 2.57 bits per heavy atom. The molecule has 1 aromatic heterocycles. The van der Waals surface area contributed by atoms with Crippen LogP contribution in [0.4, 0.5) is 13.2 Å². The molecule has 2 rings (SSSR count). The number of nitrogens with zero attached hydrogens (tertiary/aromatic N) is 2. The second-order valence-corrected chi connectivity index (χ2v) is 5.15. The molecule has 2 N–H and O–H groups in total. The minimum absolute atomic E-state index is 0.0423. The minimum atomic E-state index is -4.33. The van der Waals surface area contributed by atoms with Crippen LogP contribution < -0.4 is 5.32 Å². The summed E-state index contributed by atoms with van der Waals surface area (Å²) in [5, 5.41) is 8.98. The van der Waals surface area contributed by atoms with Crippen LogP contribution in [0.15, 0.2) is 35.5 Å². The third-order valence-electron chi connectivity index (χ3n) is 2.46. The van der Waals surface area contributed by atoms with Crippen LogP contribution in [0, 0.1) is 0 Å². The molecule has 9 heteroatoms. The average molecular weight is 316 g/mol. The third-order valence-corrected chi connectivity index (χ3v) is 3.20. The van der Waals surface area contributed by atoms with E-state index in [1.807, 2.05) is 0 Å². The topological polar surface area (TPSA) is 70.7 Å². The average Bonchev–Trinajstić information content (AvgIpc) is 2.91. The number of H-pyrrole nitrogens is 1. The molecule has 21 heavy (non-hydrogen) atoms. The number of amides is 1. The molecular weight excluding hydrogens is 305 g/mol. The lowest BCUT2D eigenvalue weighted by molar-refractivity contribution is -0.0328. The number of nitrogens with one attached hydrogen (secondary N) is 2. The van der Waals surface area contributed by atoms with Crippen LogP contribution in [0.2, 0.25) is 0 Å². The van der Waals surface area contributed by atoms with Crippen LogP contribution in [0.3, 0.4) is 0 Å². The molecule has 0 bridgehead atoms. The van der Waals surface area contributed by atoms with Crippen molar-refractivity contribution in [2.75, 3.05) is 6.54 Å². The fourth-order valence-corrected chi connectivity index (χ4v) is 2.10. The van der Waals surface area contributed by atoms with Crippen molar-refractivity contribution in [1.29, 1.82) is 0 Å². The first kappa shape index (κ1) is 15.4. The number of aromatic nitrogens is 3. The SMILES string of the molecule is O=C(NCCc1ncn[nH]1)c1ccc(SC(F)(F)F)cc1. The molecule has 0 aliphatic carbocycles. The van der Waals surface area contributed by atoms with E-state index in [0.717, 1.165) is 0 Å². The summed E-state index contributed by atoms with van der Waals surface area (Å²) in [5.41, 5.74) is -4.03. The Labute approximate surface area is 122 Å². The summed E-state index contributed by atoms with van der Waals surface area (Å²) in [4.78, 5) is 15.7. The van der Waals surface area contributed by atoms with Gasteiger partial charge >= 0.3 is 5.51 Å². The van der Waals surface area contributed by atoms with E-state index < -0.39 is 5.51 Å². The first-order valence-corrected chi connectivity index (χ1v) is 6.74. The Balaban J connectivity index is 1.85. The van der Waals surface area contributed by atoms with Gasteiger partial charge in [-0.3, -0.25) is 9.89 Å². The number of carbonyl (C=O) groups excluding carboxylic acids is 1. The Morgan fingerprint density at radius 2 is 2.00 bits per heavy atom. The summed E-state index contributed by atoms with van der Waals surface area (Å²) in [7, 11) is 0. The maximum atomic E-state index is 12.2. The minimum Gasteiger partial charge on any atom is -0.352 e. The molecule has 1 heterocycles. The van der Waals surface area contributed by atoms with Crippen molar-refractivity contribution < 1.29 is 18.0 Å². The summed E-state index contributed by atoms with van der Waals surface area (Å²) in [6.07, 6.45) is 1.86. The Morgan fingerprint density at radius 1 is 1.29 bits per heavy atom. The lowest BCUT2D eigenvalue weighted by Gasteiger charge is -2.07. The molecule has 0 unspecified atom stereocenters. The van der Waals surface area contributed by atoms with Gasteiger partial charge < -0.3 is 5.32 Å². The molecule has 0 saturated carbocycles. The van der Waals surface area contributed by atoms with Gasteiger partial charge in [0.15, 0.2) is 0 Å². The van der Waals surface area contributed by atoms with Gasteiger partial charge in [-0.05, 0) is 36.0 Å². The fourth-order valence-electron chi connectivity index (χ4n) is 1.56. The van der Waals surface area contributed by atoms with Gasteiger partial charge in [0.1, 0.15) is 12.2 Å². The van der Waals surface area contributed by atoms with Crippen LogP contribution in [0.5, 0.6) is 0 Å². The molecule has 0 radical (unpaired) electrons. The number of thioether (sulfide) groups is 1. The molecular formula is C12H11F3N4OS. The predicted molar refractivity (Wildman–Crippen MR) is 70.8 cm³/mol. The maximum absolute atomic E-state index is 12.2. The fraction of sp³-hybridized carbons (Fsp3) is 0.250. The molecule has 5 nitrogen and oxygen atoms in total. The van der Waals surface area contributed by atoms with Crippen molar-refractivity contribution in [3.8, 4) is 0 Å². The van der Waals surface area contributed by atoms with Crippen LogP contribution in [-0.4, -0.2) is 33.1 Å². The number of carbonyl (C=O) groups is 1. The Kier molecular flexibility index (Phi) is 4.84. The summed E-state index contributed by atoms with van der Waals surface area (Å²) in [6.45, 7) is 0.354. The molecule has 1 amide bonds. The lowest BCUT2D eigenvalue weighted by atomic mass is 10.2. The number of alkyl halides is 3. The van der Waals surface area contributed by atoms with Gasteiger partial charge in [-0.1, -0.05) is 0 Å². The number of halogens is 3. The monoisotopic (exact) mass is 316 g/mol. The van der Waals surface area contributed by atoms with E-state index in [2.05, 4.69) is 20.5 Å². The van der Waals surface area contributed by atoms with Gasteiger partial charge in [0.05, 0.1) is 0 Å². The van der Waals surface area contributed by atoms with Gasteiger partial charge in [-0.25, -0.2) is 4.98 Å². The van der Waals surface area contributed by atoms with Crippen LogP contribution in [0.25, 0.3) is 0 Å². The van der Waals surface area contributed by atoms with Crippen molar-refractivity contribution in [3.63, 3.8) is 0 Å². The molecule has 112 valence electrons. The number of hydrogen-bond acceptors (Lipinski definition) is 4. The van der Waals surface area contributed by atoms with Crippen molar-refractivity contribution in [3.05, 3.63) is 42.0 Å². The highest BCUT2D eigenvalue weighted by Crippen LogP contribution is 2.36. The van der Waals surface area contributed by atoms with Gasteiger partial charge in [0.25, 0.3) is 5.91 Å². The van der Waals surface area contributed by atoms with Gasteiger partial charge in [0.2, 0.25) is 0 Å². The van der Waals surface area contributed by atoms with E-state index in [1.54, 1.807) is 0 Å². The first-order chi connectivity index (χ1) is 9.94. The molecule has 0 aliphatic heterocycles. The van der Waals surface area contributed by atoms with Gasteiger partial charge in [-0.15, -0.1) is 0 Å². The first-order valence-electron chi connectivity index (χ1n) is 5.92. The predicted octanol–water partition coefficient (Wildman–Crippen LogP) is 2.39. The molecule has 0 spiro atoms. The Hall–Kier alpha value is -2.03. The zero-order chi connectivity index (χ0) is 15.3. The molecule has 0 aliphatic rings. The number of hydrogen-bond donors (Lipinski definition) is 2. The molecule has 0 fully saturated rings. The third kappa shape index (κ3) is 5.10. The van der Waals surface area contributed by atoms with Crippen molar-refractivity contribution in [2.24, 2.45) is 0 Å². The van der Waals surface area contributed by atoms with Gasteiger partial charge in [-0.2, -0.15) is 18.3 Å². The van der Waals surface area contributed by atoms with E-state index in [-0.39, 0.29) is 22.6 Å². The van der Waals surface area contributed by atoms with Crippen LogP contribution in [0.1, 0.15) is 16.2 Å². The highest BCUT2D eigenvalue weighted by atomic mass is 32.2.